The Hall–Kier alpha value is -2.34. The number of nitrogens with one attached hydrogen (secondary N) is 1. The van der Waals surface area contributed by atoms with Crippen molar-refractivity contribution in [3.8, 4) is 0 Å². The third-order valence-corrected chi connectivity index (χ3v) is 5.63. The molecular weight excluding hydrogens is 352 g/mol. The standard InChI is InChI=1S/C22H32N4O2/c1-17(2)8-10-24-11-9-23-22(28)20(24)16-21(27)26-14-12-25(13-15-26)19-7-5-4-6-18(19)3/h4-8,20H,9-16H2,1-3H3,(H,23,28). The predicted octanol–water partition coefficient (Wildman–Crippen LogP) is 1.80. The van der Waals surface area contributed by atoms with Gasteiger partial charge in [-0.25, -0.2) is 0 Å². The lowest BCUT2D eigenvalue weighted by Gasteiger charge is -2.39. The van der Waals surface area contributed by atoms with Crippen molar-refractivity contribution in [3.63, 3.8) is 0 Å². The molecule has 0 saturated carbocycles. The van der Waals surface area contributed by atoms with Crippen molar-refractivity contribution in [3.05, 3.63) is 41.5 Å². The van der Waals surface area contributed by atoms with E-state index in [0.29, 0.717) is 19.6 Å². The molecule has 1 aromatic carbocycles. The van der Waals surface area contributed by atoms with Gasteiger partial charge in [0, 0.05) is 51.5 Å². The first kappa shape index (κ1) is 20.4. The minimum Gasteiger partial charge on any atom is -0.368 e. The monoisotopic (exact) mass is 384 g/mol. The number of piperazine rings is 2. The van der Waals surface area contributed by atoms with Gasteiger partial charge < -0.3 is 15.1 Å². The molecule has 152 valence electrons. The largest absolute Gasteiger partial charge is 0.368 e. The maximum atomic E-state index is 12.9. The molecular formula is C22H32N4O2. The highest BCUT2D eigenvalue weighted by Gasteiger charge is 2.33. The Morgan fingerprint density at radius 2 is 1.86 bits per heavy atom. The van der Waals surface area contributed by atoms with Crippen LogP contribution in [0.25, 0.3) is 0 Å². The Bertz CT molecular complexity index is 734. The molecule has 2 saturated heterocycles. The van der Waals surface area contributed by atoms with Crippen LogP contribution >= 0.6 is 0 Å². The molecule has 6 nitrogen and oxygen atoms in total. The third-order valence-electron chi connectivity index (χ3n) is 5.63. The van der Waals surface area contributed by atoms with Gasteiger partial charge in [-0.05, 0) is 32.4 Å². The highest BCUT2D eigenvalue weighted by atomic mass is 16.2. The molecule has 1 N–H and O–H groups in total. The topological polar surface area (TPSA) is 55.9 Å². The van der Waals surface area contributed by atoms with Gasteiger partial charge in [-0.15, -0.1) is 0 Å². The summed E-state index contributed by atoms with van der Waals surface area (Å²) >= 11 is 0. The van der Waals surface area contributed by atoms with Crippen LogP contribution in [-0.2, 0) is 9.59 Å². The lowest BCUT2D eigenvalue weighted by Crippen LogP contribution is -2.57. The molecule has 2 aliphatic heterocycles. The van der Waals surface area contributed by atoms with E-state index in [4.69, 9.17) is 0 Å². The number of carbonyl (C=O) groups excluding carboxylic acids is 2. The third kappa shape index (κ3) is 4.93. The zero-order chi connectivity index (χ0) is 20.1. The second-order valence-electron chi connectivity index (χ2n) is 7.94. The molecule has 6 heteroatoms. The maximum absolute atomic E-state index is 12.9. The minimum atomic E-state index is -0.369. The summed E-state index contributed by atoms with van der Waals surface area (Å²) in [5.41, 5.74) is 3.73. The number of benzene rings is 1. The van der Waals surface area contributed by atoms with Gasteiger partial charge in [0.2, 0.25) is 11.8 Å². The van der Waals surface area contributed by atoms with Gasteiger partial charge >= 0.3 is 0 Å². The second-order valence-corrected chi connectivity index (χ2v) is 7.94. The molecule has 0 aliphatic carbocycles. The molecule has 2 amide bonds. The summed E-state index contributed by atoms with van der Waals surface area (Å²) in [6.45, 7) is 11.4. The predicted molar refractivity (Wildman–Crippen MR) is 112 cm³/mol. The molecule has 2 fully saturated rings. The summed E-state index contributed by atoms with van der Waals surface area (Å²) in [5.74, 6) is 0.0500. The van der Waals surface area contributed by atoms with Crippen LogP contribution in [0.15, 0.2) is 35.9 Å². The van der Waals surface area contributed by atoms with Crippen molar-refractivity contribution in [2.45, 2.75) is 33.2 Å². The number of carbonyl (C=O) groups is 2. The van der Waals surface area contributed by atoms with Crippen molar-refractivity contribution in [1.82, 2.24) is 15.1 Å². The SMILES string of the molecule is CC(C)=CCN1CCNC(=O)C1CC(=O)N1CCN(c2ccccc2C)CC1. The number of hydrogen-bond donors (Lipinski definition) is 1. The van der Waals surface area contributed by atoms with Crippen molar-refractivity contribution < 1.29 is 9.59 Å². The second kappa shape index (κ2) is 9.24. The van der Waals surface area contributed by atoms with Gasteiger partial charge in [-0.2, -0.15) is 0 Å². The van der Waals surface area contributed by atoms with E-state index >= 15 is 0 Å². The molecule has 1 atom stereocenters. The van der Waals surface area contributed by atoms with E-state index in [0.717, 1.165) is 26.2 Å². The van der Waals surface area contributed by atoms with Gasteiger partial charge in [0.05, 0.1) is 12.5 Å². The van der Waals surface area contributed by atoms with Crippen LogP contribution in [0.3, 0.4) is 0 Å². The summed E-state index contributed by atoms with van der Waals surface area (Å²) in [4.78, 5) is 31.7. The Morgan fingerprint density at radius 3 is 2.54 bits per heavy atom. The highest BCUT2D eigenvalue weighted by Crippen LogP contribution is 2.21. The zero-order valence-corrected chi connectivity index (χ0v) is 17.3. The van der Waals surface area contributed by atoms with Crippen LogP contribution in [0.2, 0.25) is 0 Å². The van der Waals surface area contributed by atoms with E-state index in [2.05, 4.69) is 66.2 Å². The fourth-order valence-electron chi connectivity index (χ4n) is 3.91. The Labute approximate surface area is 168 Å². The van der Waals surface area contributed by atoms with Crippen LogP contribution in [0, 0.1) is 6.92 Å². The number of allylic oxidation sites excluding steroid dienone is 1. The van der Waals surface area contributed by atoms with Gasteiger partial charge in [-0.3, -0.25) is 14.5 Å². The van der Waals surface area contributed by atoms with E-state index in [9.17, 15) is 9.59 Å². The molecule has 28 heavy (non-hydrogen) atoms. The van der Waals surface area contributed by atoms with Crippen molar-refractivity contribution in [1.29, 1.82) is 0 Å². The van der Waals surface area contributed by atoms with Crippen LogP contribution in [0.1, 0.15) is 25.8 Å². The van der Waals surface area contributed by atoms with E-state index in [1.54, 1.807) is 0 Å². The number of anilines is 1. The highest BCUT2D eigenvalue weighted by molar-refractivity contribution is 5.89. The van der Waals surface area contributed by atoms with Crippen LogP contribution in [0.4, 0.5) is 5.69 Å². The average molecular weight is 385 g/mol. The Kier molecular flexibility index (Phi) is 6.73. The normalized spacial score (nSPS) is 20.7. The number of amides is 2. The van der Waals surface area contributed by atoms with Crippen molar-refractivity contribution in [2.75, 3.05) is 50.7 Å². The van der Waals surface area contributed by atoms with E-state index in [1.165, 1.54) is 16.8 Å². The summed E-state index contributed by atoms with van der Waals surface area (Å²) < 4.78 is 0. The molecule has 2 aliphatic rings. The van der Waals surface area contributed by atoms with Gasteiger partial charge in [0.25, 0.3) is 0 Å². The van der Waals surface area contributed by atoms with Crippen LogP contribution in [0.5, 0.6) is 0 Å². The van der Waals surface area contributed by atoms with Crippen LogP contribution < -0.4 is 10.2 Å². The maximum Gasteiger partial charge on any atom is 0.237 e. The molecule has 0 bridgehead atoms. The summed E-state index contributed by atoms with van der Waals surface area (Å²) in [7, 11) is 0. The number of hydrogen-bond acceptors (Lipinski definition) is 4. The molecule has 0 spiro atoms. The summed E-state index contributed by atoms with van der Waals surface area (Å²) in [6, 6.07) is 8.00. The minimum absolute atomic E-state index is 0.0275. The van der Waals surface area contributed by atoms with Crippen molar-refractivity contribution in [2.24, 2.45) is 0 Å². The summed E-state index contributed by atoms with van der Waals surface area (Å²) in [5, 5.41) is 2.91. The molecule has 2 heterocycles. The van der Waals surface area contributed by atoms with Crippen molar-refractivity contribution >= 4 is 17.5 Å². The number of rotatable bonds is 5. The van der Waals surface area contributed by atoms with E-state index < -0.39 is 0 Å². The van der Waals surface area contributed by atoms with Gasteiger partial charge in [-0.1, -0.05) is 29.8 Å². The first-order valence-corrected chi connectivity index (χ1v) is 10.2. The first-order chi connectivity index (χ1) is 13.5. The van der Waals surface area contributed by atoms with Crippen LogP contribution in [-0.4, -0.2) is 73.5 Å². The molecule has 0 aromatic heterocycles. The fraction of sp³-hybridized carbons (Fsp3) is 0.545. The molecule has 1 unspecified atom stereocenters. The van der Waals surface area contributed by atoms with E-state index in [1.807, 2.05) is 4.90 Å². The van der Waals surface area contributed by atoms with Gasteiger partial charge in [0.15, 0.2) is 0 Å². The zero-order valence-electron chi connectivity index (χ0n) is 17.3. The number of nitrogens with zero attached hydrogens (tertiary/aromatic N) is 3. The quantitative estimate of drug-likeness (QED) is 0.787. The first-order valence-electron chi connectivity index (χ1n) is 10.2. The molecule has 3 rings (SSSR count). The Balaban J connectivity index is 1.57. The molecule has 1 aromatic rings. The Morgan fingerprint density at radius 1 is 1.14 bits per heavy atom. The lowest BCUT2D eigenvalue weighted by atomic mass is 10.1. The summed E-state index contributed by atoms with van der Waals surface area (Å²) in [6.07, 6.45) is 2.38. The number of aryl methyl sites for hydroxylation is 1. The smallest absolute Gasteiger partial charge is 0.237 e. The van der Waals surface area contributed by atoms with Gasteiger partial charge in [0.1, 0.15) is 0 Å². The fourth-order valence-corrected chi connectivity index (χ4v) is 3.91. The number of para-hydroxylation sites is 1. The molecule has 0 radical (unpaired) electrons. The lowest BCUT2D eigenvalue weighted by molar-refractivity contribution is -0.138. The average Bonchev–Trinajstić information content (AvgIpc) is 2.69. The van der Waals surface area contributed by atoms with E-state index in [-0.39, 0.29) is 24.3 Å².